The Labute approximate surface area is 128 Å². The van der Waals surface area contributed by atoms with Crippen molar-refractivity contribution in [1.29, 1.82) is 0 Å². The van der Waals surface area contributed by atoms with E-state index in [0.29, 0.717) is 23.2 Å². The standard InChI is InChI=1S/C19H30O2/c1-18-9-7-13(20)11-12(18)3-4-14-15-5-6-17(21)19(15,2)10-8-16(14)18/h3-4,12-17,20-21H,5-11H2,1-2H3/t12?,13-,14-,15-,16-,17?,18-,19-/m0/s1. The van der Waals surface area contributed by atoms with E-state index in [2.05, 4.69) is 26.0 Å². The molecule has 0 heterocycles. The second kappa shape index (κ2) is 4.58. The molecule has 0 bridgehead atoms. The average molecular weight is 290 g/mol. The van der Waals surface area contributed by atoms with Crippen molar-refractivity contribution in [3.05, 3.63) is 12.2 Å². The monoisotopic (exact) mass is 290 g/mol. The predicted octanol–water partition coefficient (Wildman–Crippen LogP) is 3.53. The summed E-state index contributed by atoms with van der Waals surface area (Å²) in [7, 11) is 0. The van der Waals surface area contributed by atoms with Crippen molar-refractivity contribution in [2.45, 2.75) is 71.0 Å². The molecule has 4 rings (SSSR count). The van der Waals surface area contributed by atoms with Gasteiger partial charge in [-0.3, -0.25) is 0 Å². The molecule has 3 fully saturated rings. The number of allylic oxidation sites excluding steroid dienone is 2. The average Bonchev–Trinajstić information content (AvgIpc) is 2.76. The third kappa shape index (κ3) is 1.84. The third-order valence-electron chi connectivity index (χ3n) is 8.08. The molecule has 8 atom stereocenters. The van der Waals surface area contributed by atoms with Crippen LogP contribution in [-0.4, -0.2) is 22.4 Å². The molecule has 0 aromatic rings. The minimum absolute atomic E-state index is 0.0874. The Morgan fingerprint density at radius 3 is 2.38 bits per heavy atom. The second-order valence-corrected chi connectivity index (χ2v) is 8.85. The maximum Gasteiger partial charge on any atom is 0.0596 e. The van der Waals surface area contributed by atoms with Crippen molar-refractivity contribution in [3.63, 3.8) is 0 Å². The first-order valence-corrected chi connectivity index (χ1v) is 8.99. The van der Waals surface area contributed by atoms with Crippen LogP contribution >= 0.6 is 0 Å². The normalized spacial score (nSPS) is 59.2. The van der Waals surface area contributed by atoms with Gasteiger partial charge in [0.05, 0.1) is 12.2 Å². The molecule has 0 aromatic carbocycles. The third-order valence-corrected chi connectivity index (χ3v) is 8.08. The zero-order valence-corrected chi connectivity index (χ0v) is 13.5. The number of fused-ring (bicyclic) bond motifs is 5. The Balaban J connectivity index is 1.68. The smallest absolute Gasteiger partial charge is 0.0596 e. The molecule has 0 aliphatic heterocycles. The molecular weight excluding hydrogens is 260 g/mol. The predicted molar refractivity (Wildman–Crippen MR) is 83.6 cm³/mol. The largest absolute Gasteiger partial charge is 0.393 e. The van der Waals surface area contributed by atoms with Crippen LogP contribution in [-0.2, 0) is 0 Å². The summed E-state index contributed by atoms with van der Waals surface area (Å²) >= 11 is 0. The van der Waals surface area contributed by atoms with Gasteiger partial charge in [-0.05, 0) is 79.4 Å². The fraction of sp³-hybridized carbons (Fsp3) is 0.895. The topological polar surface area (TPSA) is 40.5 Å². The maximum absolute atomic E-state index is 10.4. The van der Waals surface area contributed by atoms with Crippen LogP contribution in [0.4, 0.5) is 0 Å². The molecule has 2 unspecified atom stereocenters. The van der Waals surface area contributed by atoms with E-state index in [1.54, 1.807) is 0 Å². The summed E-state index contributed by atoms with van der Waals surface area (Å²) in [4.78, 5) is 0. The first-order chi connectivity index (χ1) is 9.95. The molecule has 4 aliphatic carbocycles. The van der Waals surface area contributed by atoms with Crippen LogP contribution in [0.25, 0.3) is 0 Å². The van der Waals surface area contributed by atoms with Gasteiger partial charge in [0.1, 0.15) is 0 Å². The highest BCUT2D eigenvalue weighted by molar-refractivity contribution is 5.18. The van der Waals surface area contributed by atoms with Gasteiger partial charge < -0.3 is 10.2 Å². The quantitative estimate of drug-likeness (QED) is 0.670. The van der Waals surface area contributed by atoms with Gasteiger partial charge in [0.15, 0.2) is 0 Å². The number of hydrogen-bond acceptors (Lipinski definition) is 2. The van der Waals surface area contributed by atoms with E-state index in [1.165, 1.54) is 25.7 Å². The molecule has 3 saturated carbocycles. The molecule has 118 valence electrons. The van der Waals surface area contributed by atoms with Gasteiger partial charge in [-0.1, -0.05) is 26.0 Å². The fourth-order valence-corrected chi connectivity index (χ4v) is 6.57. The number of aliphatic hydroxyl groups excluding tert-OH is 2. The van der Waals surface area contributed by atoms with Gasteiger partial charge in [-0.25, -0.2) is 0 Å². The number of aliphatic hydroxyl groups is 2. The Morgan fingerprint density at radius 2 is 1.57 bits per heavy atom. The lowest BCUT2D eigenvalue weighted by molar-refractivity contribution is -0.0894. The summed E-state index contributed by atoms with van der Waals surface area (Å²) in [6, 6.07) is 0. The van der Waals surface area contributed by atoms with Gasteiger partial charge in [0.25, 0.3) is 0 Å². The van der Waals surface area contributed by atoms with Gasteiger partial charge in [0.2, 0.25) is 0 Å². The van der Waals surface area contributed by atoms with E-state index in [0.717, 1.165) is 25.2 Å². The van der Waals surface area contributed by atoms with Crippen molar-refractivity contribution in [1.82, 2.24) is 0 Å². The zero-order chi connectivity index (χ0) is 14.8. The lowest BCUT2D eigenvalue weighted by atomic mass is 9.47. The Kier molecular flexibility index (Phi) is 3.11. The van der Waals surface area contributed by atoms with E-state index >= 15 is 0 Å². The van der Waals surface area contributed by atoms with E-state index < -0.39 is 0 Å². The summed E-state index contributed by atoms with van der Waals surface area (Å²) < 4.78 is 0. The zero-order valence-electron chi connectivity index (χ0n) is 13.5. The Hall–Kier alpha value is -0.340. The number of rotatable bonds is 0. The Morgan fingerprint density at radius 1 is 0.857 bits per heavy atom. The van der Waals surface area contributed by atoms with Crippen LogP contribution in [0.15, 0.2) is 12.2 Å². The van der Waals surface area contributed by atoms with E-state index in [4.69, 9.17) is 0 Å². The van der Waals surface area contributed by atoms with Crippen LogP contribution in [0.3, 0.4) is 0 Å². The lowest BCUT2D eigenvalue weighted by Crippen LogP contribution is -2.52. The first-order valence-electron chi connectivity index (χ1n) is 8.99. The summed E-state index contributed by atoms with van der Waals surface area (Å²) in [5, 5.41) is 20.5. The van der Waals surface area contributed by atoms with Gasteiger partial charge in [0, 0.05) is 0 Å². The second-order valence-electron chi connectivity index (χ2n) is 8.85. The van der Waals surface area contributed by atoms with Crippen LogP contribution < -0.4 is 0 Å². The van der Waals surface area contributed by atoms with Crippen LogP contribution in [0.5, 0.6) is 0 Å². The molecule has 2 N–H and O–H groups in total. The van der Waals surface area contributed by atoms with E-state index in [9.17, 15) is 10.2 Å². The van der Waals surface area contributed by atoms with Gasteiger partial charge in [-0.15, -0.1) is 0 Å². The van der Waals surface area contributed by atoms with Gasteiger partial charge >= 0.3 is 0 Å². The summed E-state index contributed by atoms with van der Waals surface area (Å²) in [6.45, 7) is 4.82. The Bertz CT molecular complexity index is 458. The summed E-state index contributed by atoms with van der Waals surface area (Å²) in [6.07, 6.45) is 12.5. The molecule has 0 radical (unpaired) electrons. The molecule has 2 nitrogen and oxygen atoms in total. The minimum Gasteiger partial charge on any atom is -0.393 e. The molecule has 0 aromatic heterocycles. The molecule has 0 amide bonds. The van der Waals surface area contributed by atoms with Crippen molar-refractivity contribution in [2.75, 3.05) is 0 Å². The lowest BCUT2D eigenvalue weighted by Gasteiger charge is -2.58. The highest BCUT2D eigenvalue weighted by Gasteiger charge is 2.58. The maximum atomic E-state index is 10.4. The number of hydrogen-bond donors (Lipinski definition) is 2. The fourth-order valence-electron chi connectivity index (χ4n) is 6.57. The highest BCUT2D eigenvalue weighted by atomic mass is 16.3. The summed E-state index contributed by atoms with van der Waals surface area (Å²) in [5.41, 5.74) is 0.538. The molecular formula is C19H30O2. The van der Waals surface area contributed by atoms with Crippen LogP contribution in [0.1, 0.15) is 58.8 Å². The molecule has 2 heteroatoms. The van der Waals surface area contributed by atoms with Gasteiger partial charge in [-0.2, -0.15) is 0 Å². The van der Waals surface area contributed by atoms with E-state index in [1.807, 2.05) is 0 Å². The summed E-state index contributed by atoms with van der Waals surface area (Å²) in [5.74, 6) is 2.67. The minimum atomic E-state index is -0.0913. The molecule has 0 saturated heterocycles. The van der Waals surface area contributed by atoms with Crippen molar-refractivity contribution < 1.29 is 10.2 Å². The SMILES string of the molecule is C[C@]12CC[C@H](O)CC1C=C[C@@H]1[C@@H]2CC[C@]2(C)C(O)CC[C@@H]12. The van der Waals surface area contributed by atoms with Crippen molar-refractivity contribution in [3.8, 4) is 0 Å². The molecule has 21 heavy (non-hydrogen) atoms. The highest BCUT2D eigenvalue weighted by Crippen LogP contribution is 2.64. The van der Waals surface area contributed by atoms with Crippen molar-refractivity contribution in [2.24, 2.45) is 34.5 Å². The molecule has 4 aliphatic rings. The van der Waals surface area contributed by atoms with Crippen LogP contribution in [0.2, 0.25) is 0 Å². The van der Waals surface area contributed by atoms with Crippen molar-refractivity contribution >= 4 is 0 Å². The van der Waals surface area contributed by atoms with E-state index in [-0.39, 0.29) is 17.6 Å². The first kappa shape index (κ1) is 14.3. The molecule has 0 spiro atoms. The van der Waals surface area contributed by atoms with Crippen LogP contribution in [0, 0.1) is 34.5 Å².